The monoisotopic (exact) mass is 902 g/mol. The number of rotatable bonds is 10. The van der Waals surface area contributed by atoms with E-state index in [0.717, 1.165) is 107 Å². The molecular formula is C51H54N10O6. The van der Waals surface area contributed by atoms with Crippen molar-refractivity contribution in [1.82, 2.24) is 45.7 Å². The first-order chi connectivity index (χ1) is 32.3. The van der Waals surface area contributed by atoms with E-state index in [1.165, 1.54) is 5.69 Å². The van der Waals surface area contributed by atoms with Gasteiger partial charge in [-0.05, 0) is 96.5 Å². The molecule has 2 aromatic heterocycles. The molecule has 16 nitrogen and oxygen atoms in total. The van der Waals surface area contributed by atoms with Gasteiger partial charge in [0.1, 0.15) is 6.04 Å². The number of fused-ring (bicyclic) bond motifs is 2. The van der Waals surface area contributed by atoms with E-state index in [4.69, 9.17) is 9.62 Å². The maximum absolute atomic E-state index is 13.3. The molecule has 0 radical (unpaired) electrons. The molecule has 1 unspecified atom stereocenters. The van der Waals surface area contributed by atoms with Crippen molar-refractivity contribution >= 4 is 46.1 Å². The number of hydrogen-bond donors (Lipinski definition) is 3. The number of anilines is 1. The van der Waals surface area contributed by atoms with E-state index in [-0.39, 0.29) is 30.1 Å². The van der Waals surface area contributed by atoms with Gasteiger partial charge in [-0.3, -0.25) is 49.1 Å². The maximum atomic E-state index is 13.3. The Morgan fingerprint density at radius 1 is 0.806 bits per heavy atom. The standard InChI is InChI=1S/C51H54N10O6/c1-30-25-34(6-7-35(30)28-52-46(64)47-54-50(57-67-47)51(2,3)4)44-40-27-33(10-14-41(40)55-56-44)32-8-11-36(12-9-32)59-19-17-37(18-20-59)60-23-21-58(22-24-60)29-31-5-13-38-39(26-31)49(66)61(48(38)65)42-15-16-43(62)53-45(42)63/h5-14,25-27,37,42H,15-24,28-29H2,1-4H3,(H,52,64)(H,55,56)(H,53,62,63). The zero-order chi connectivity index (χ0) is 46.6. The fraction of sp³-hybridized carbons (Fsp3) is 0.373. The second-order valence-corrected chi connectivity index (χ2v) is 19.2. The molecule has 0 aliphatic carbocycles. The summed E-state index contributed by atoms with van der Waals surface area (Å²) in [6, 6.07) is 26.4. The lowest BCUT2D eigenvalue weighted by molar-refractivity contribution is -0.136. The van der Waals surface area contributed by atoms with E-state index < -0.39 is 29.7 Å². The van der Waals surface area contributed by atoms with E-state index >= 15 is 0 Å². The zero-order valence-electron chi connectivity index (χ0n) is 38.2. The van der Waals surface area contributed by atoms with Crippen LogP contribution < -0.4 is 15.5 Å². The molecule has 344 valence electrons. The molecule has 16 heteroatoms. The fourth-order valence-electron chi connectivity index (χ4n) is 9.84. The molecule has 67 heavy (non-hydrogen) atoms. The summed E-state index contributed by atoms with van der Waals surface area (Å²) in [5, 5.41) is 18.1. The maximum Gasteiger partial charge on any atom is 0.315 e. The Morgan fingerprint density at radius 3 is 2.25 bits per heavy atom. The van der Waals surface area contributed by atoms with Crippen molar-refractivity contribution in [2.75, 3.05) is 44.2 Å². The van der Waals surface area contributed by atoms with Crippen molar-refractivity contribution in [1.29, 1.82) is 0 Å². The number of nitrogens with zero attached hydrogens (tertiary/aromatic N) is 7. The van der Waals surface area contributed by atoms with Gasteiger partial charge >= 0.3 is 11.8 Å². The van der Waals surface area contributed by atoms with Crippen molar-refractivity contribution in [2.45, 2.75) is 84.0 Å². The molecule has 1 atom stereocenters. The number of aryl methyl sites for hydroxylation is 1. The normalized spacial score (nSPS) is 18.8. The molecule has 3 saturated heterocycles. The Morgan fingerprint density at radius 2 is 1.54 bits per heavy atom. The predicted molar refractivity (Wildman–Crippen MR) is 251 cm³/mol. The number of carbonyl (C=O) groups excluding carboxylic acids is 5. The van der Waals surface area contributed by atoms with E-state index in [1.54, 1.807) is 12.1 Å². The van der Waals surface area contributed by atoms with Gasteiger partial charge < -0.3 is 14.7 Å². The summed E-state index contributed by atoms with van der Waals surface area (Å²) in [6.07, 6.45) is 2.43. The Bertz CT molecular complexity index is 2920. The summed E-state index contributed by atoms with van der Waals surface area (Å²) in [4.78, 5) is 76.2. The third kappa shape index (κ3) is 8.74. The summed E-state index contributed by atoms with van der Waals surface area (Å²) in [6.45, 7) is 14.7. The van der Waals surface area contributed by atoms with Gasteiger partial charge in [-0.15, -0.1) is 0 Å². The summed E-state index contributed by atoms with van der Waals surface area (Å²) in [7, 11) is 0. The quantitative estimate of drug-likeness (QED) is 0.136. The van der Waals surface area contributed by atoms with E-state index in [0.29, 0.717) is 36.1 Å². The lowest BCUT2D eigenvalue weighted by Gasteiger charge is -2.43. The summed E-state index contributed by atoms with van der Waals surface area (Å²) in [5.41, 5.74) is 9.57. The largest absolute Gasteiger partial charge is 0.371 e. The molecule has 6 heterocycles. The summed E-state index contributed by atoms with van der Waals surface area (Å²) >= 11 is 0. The van der Waals surface area contributed by atoms with Gasteiger partial charge in [0.25, 0.3) is 11.8 Å². The van der Waals surface area contributed by atoms with Crippen LogP contribution in [0.4, 0.5) is 5.69 Å². The van der Waals surface area contributed by atoms with Crippen LogP contribution in [0.15, 0.2) is 83.4 Å². The van der Waals surface area contributed by atoms with Crippen molar-refractivity contribution in [3.63, 3.8) is 0 Å². The van der Waals surface area contributed by atoms with Crippen molar-refractivity contribution in [3.8, 4) is 22.4 Å². The molecular weight excluding hydrogens is 849 g/mol. The average molecular weight is 903 g/mol. The lowest BCUT2D eigenvalue weighted by atomic mass is 9.96. The number of amides is 5. The van der Waals surface area contributed by atoms with E-state index in [2.05, 4.69) is 89.1 Å². The zero-order valence-corrected chi connectivity index (χ0v) is 38.2. The summed E-state index contributed by atoms with van der Waals surface area (Å²) in [5.74, 6) is -1.90. The second-order valence-electron chi connectivity index (χ2n) is 19.2. The van der Waals surface area contributed by atoms with Crippen LogP contribution >= 0.6 is 0 Å². The van der Waals surface area contributed by atoms with Crippen LogP contribution in [0.3, 0.4) is 0 Å². The fourth-order valence-corrected chi connectivity index (χ4v) is 9.84. The van der Waals surface area contributed by atoms with E-state index in [1.807, 2.05) is 45.9 Å². The highest BCUT2D eigenvalue weighted by atomic mass is 16.5. The van der Waals surface area contributed by atoms with Gasteiger partial charge in [0.15, 0.2) is 5.82 Å². The van der Waals surface area contributed by atoms with Crippen LogP contribution in [0.5, 0.6) is 0 Å². The van der Waals surface area contributed by atoms with Crippen LogP contribution in [-0.4, -0.2) is 116 Å². The number of piperazine rings is 1. The van der Waals surface area contributed by atoms with Crippen LogP contribution in [0.1, 0.15) is 100 Å². The molecule has 3 fully saturated rings. The number of benzene rings is 4. The molecule has 5 amide bonds. The highest BCUT2D eigenvalue weighted by Crippen LogP contribution is 2.34. The topological polar surface area (TPSA) is 190 Å². The molecule has 3 N–H and O–H groups in total. The Kier molecular flexibility index (Phi) is 11.5. The number of hydrogen-bond acceptors (Lipinski definition) is 12. The van der Waals surface area contributed by atoms with Gasteiger partial charge in [0, 0.05) is 86.9 Å². The van der Waals surface area contributed by atoms with E-state index in [9.17, 15) is 24.0 Å². The smallest absolute Gasteiger partial charge is 0.315 e. The molecule has 0 spiro atoms. The number of piperidine rings is 2. The summed E-state index contributed by atoms with van der Waals surface area (Å²) < 4.78 is 5.21. The first kappa shape index (κ1) is 43.8. The average Bonchev–Trinajstić information content (AvgIpc) is 4.06. The second kappa shape index (κ2) is 17.6. The van der Waals surface area contributed by atoms with Crippen LogP contribution in [0.25, 0.3) is 33.3 Å². The van der Waals surface area contributed by atoms with Crippen LogP contribution in [0, 0.1) is 6.92 Å². The molecule has 4 aliphatic heterocycles. The van der Waals surface area contributed by atoms with Gasteiger partial charge in [-0.2, -0.15) is 10.1 Å². The Hall–Kier alpha value is -7.04. The van der Waals surface area contributed by atoms with Crippen molar-refractivity contribution < 1.29 is 28.5 Å². The lowest BCUT2D eigenvalue weighted by Crippen LogP contribution is -2.54. The molecule has 6 aromatic rings. The van der Waals surface area contributed by atoms with Gasteiger partial charge in [0.05, 0.1) is 22.3 Å². The highest BCUT2D eigenvalue weighted by molar-refractivity contribution is 6.23. The Balaban J connectivity index is 0.710. The Labute approximate surface area is 388 Å². The third-order valence-electron chi connectivity index (χ3n) is 13.8. The minimum absolute atomic E-state index is 0.0458. The van der Waals surface area contributed by atoms with Crippen LogP contribution in [-0.2, 0) is 28.1 Å². The molecule has 4 aromatic carbocycles. The first-order valence-electron chi connectivity index (χ1n) is 23.1. The molecule has 0 saturated carbocycles. The number of aromatic amines is 1. The van der Waals surface area contributed by atoms with Gasteiger partial charge in [-0.25, -0.2) is 0 Å². The van der Waals surface area contributed by atoms with Crippen molar-refractivity contribution in [3.05, 3.63) is 118 Å². The van der Waals surface area contributed by atoms with Gasteiger partial charge in [-0.1, -0.05) is 62.3 Å². The van der Waals surface area contributed by atoms with Crippen LogP contribution in [0.2, 0.25) is 0 Å². The molecule has 4 aliphatic rings. The number of aromatic nitrogens is 4. The SMILES string of the molecule is Cc1cc(-c2n[nH]c3ccc(-c4ccc(N5CCC(N6CCN(Cc7ccc8c(c7)C(=O)N(C7CCC(=O)NC7=O)C8=O)CC6)CC5)cc4)cc23)ccc1CNC(=O)c1nc(C(C)(C)C)no1. The third-order valence-corrected chi connectivity index (χ3v) is 13.8. The first-order valence-corrected chi connectivity index (χ1v) is 23.1. The number of carbonyl (C=O) groups is 5. The molecule has 10 rings (SSSR count). The number of nitrogens with one attached hydrogen (secondary N) is 3. The number of H-pyrrole nitrogens is 1. The number of imide groups is 2. The predicted octanol–water partition coefficient (Wildman–Crippen LogP) is 6.00. The minimum atomic E-state index is -0.966. The van der Waals surface area contributed by atoms with Gasteiger partial charge in [0.2, 0.25) is 11.8 Å². The van der Waals surface area contributed by atoms with Crippen molar-refractivity contribution in [2.24, 2.45) is 0 Å². The molecule has 0 bridgehead atoms. The highest BCUT2D eigenvalue weighted by Gasteiger charge is 2.44. The minimum Gasteiger partial charge on any atom is -0.371 e.